The fourth-order valence-electron chi connectivity index (χ4n) is 6.75. The molecule has 1 saturated heterocycles. The Kier molecular flexibility index (Phi) is 8.22. The molecule has 0 aliphatic carbocycles. The lowest BCUT2D eigenvalue weighted by Gasteiger charge is -2.44. The first-order chi connectivity index (χ1) is 22.7. The van der Waals surface area contributed by atoms with Gasteiger partial charge in [-0.1, -0.05) is 51.9 Å². The molecule has 2 aromatic heterocycles. The third kappa shape index (κ3) is 4.82. The molecular formula is C34H34ClF2N7O4. The Morgan fingerprint density at radius 3 is 2.29 bits per heavy atom. The van der Waals surface area contributed by atoms with Crippen molar-refractivity contribution < 1.29 is 23.5 Å². The van der Waals surface area contributed by atoms with Crippen molar-refractivity contribution >= 4 is 45.8 Å². The number of anilines is 2. The van der Waals surface area contributed by atoms with Crippen LogP contribution >= 0.6 is 11.6 Å². The summed E-state index contributed by atoms with van der Waals surface area (Å²) >= 11 is 7.13. The van der Waals surface area contributed by atoms with E-state index in [0.29, 0.717) is 11.4 Å². The Labute approximate surface area is 280 Å². The summed E-state index contributed by atoms with van der Waals surface area (Å²) in [5, 5.41) is 10.5. The zero-order valence-electron chi connectivity index (χ0n) is 27.3. The van der Waals surface area contributed by atoms with E-state index in [1.165, 1.54) is 35.0 Å². The van der Waals surface area contributed by atoms with Crippen molar-refractivity contribution in [2.45, 2.75) is 58.5 Å². The standard InChI is InChI=1S/C34H34ClF2N7O4/c1-8-21(46)42-13-19-33(47)41(7)30-24-29(25(35)23(26(30)37)22-18(36)10-9-11-20(22)45)44(34(48)40-32(24)43(19)12-17(42)6)31-27(15(2)3)38-14-39-28(31)16(4)5/h8-11,14-17,19,45H,1,12-13H2,2-7H3. The average Bonchev–Trinajstić information content (AvgIpc) is 3.12. The van der Waals surface area contributed by atoms with Crippen LogP contribution in [0.3, 0.4) is 0 Å². The van der Waals surface area contributed by atoms with Gasteiger partial charge in [-0.25, -0.2) is 23.5 Å². The number of fused-ring (bicyclic) bond motifs is 2. The van der Waals surface area contributed by atoms with Crippen molar-refractivity contribution in [3.05, 3.63) is 75.7 Å². The topological polar surface area (TPSA) is 125 Å². The van der Waals surface area contributed by atoms with Gasteiger partial charge in [-0.2, -0.15) is 4.98 Å². The smallest absolute Gasteiger partial charge is 0.354 e. The summed E-state index contributed by atoms with van der Waals surface area (Å²) < 4.78 is 33.9. The zero-order chi connectivity index (χ0) is 34.9. The van der Waals surface area contributed by atoms with Gasteiger partial charge in [0.2, 0.25) is 5.91 Å². The largest absolute Gasteiger partial charge is 0.507 e. The van der Waals surface area contributed by atoms with Crippen molar-refractivity contribution in [3.8, 4) is 22.6 Å². The molecule has 14 heteroatoms. The summed E-state index contributed by atoms with van der Waals surface area (Å²) in [6.07, 6.45) is 2.55. The number of hydrogen-bond donors (Lipinski definition) is 1. The van der Waals surface area contributed by atoms with Crippen LogP contribution in [0.25, 0.3) is 27.7 Å². The molecule has 2 aliphatic heterocycles. The van der Waals surface area contributed by atoms with Gasteiger partial charge in [-0.05, 0) is 37.0 Å². The van der Waals surface area contributed by atoms with E-state index in [4.69, 9.17) is 11.6 Å². The summed E-state index contributed by atoms with van der Waals surface area (Å²) in [6.45, 7) is 12.9. The number of aromatic nitrogens is 4. The van der Waals surface area contributed by atoms with Gasteiger partial charge >= 0.3 is 5.69 Å². The fraction of sp³-hybridized carbons (Fsp3) is 0.353. The molecule has 6 rings (SSSR count). The molecule has 1 N–H and O–H groups in total. The van der Waals surface area contributed by atoms with Gasteiger partial charge in [-0.15, -0.1) is 0 Å². The van der Waals surface area contributed by atoms with E-state index in [1.807, 2.05) is 27.7 Å². The molecule has 2 amide bonds. The van der Waals surface area contributed by atoms with Crippen LogP contribution < -0.4 is 15.5 Å². The second-order valence-electron chi connectivity index (χ2n) is 12.7. The summed E-state index contributed by atoms with van der Waals surface area (Å²) in [6, 6.07) is 1.95. The van der Waals surface area contributed by atoms with Crippen molar-refractivity contribution in [1.29, 1.82) is 0 Å². The second kappa shape index (κ2) is 12.0. The number of piperazine rings is 1. The molecule has 11 nitrogen and oxygen atoms in total. The van der Waals surface area contributed by atoms with Gasteiger partial charge < -0.3 is 19.8 Å². The lowest BCUT2D eigenvalue weighted by atomic mass is 9.97. The van der Waals surface area contributed by atoms with Crippen molar-refractivity contribution in [3.63, 3.8) is 0 Å². The summed E-state index contributed by atoms with van der Waals surface area (Å²) in [5.41, 5.74) is -1.09. The van der Waals surface area contributed by atoms with E-state index >= 15 is 8.78 Å². The highest BCUT2D eigenvalue weighted by Gasteiger charge is 2.45. The van der Waals surface area contributed by atoms with Gasteiger partial charge in [0.25, 0.3) is 5.91 Å². The monoisotopic (exact) mass is 677 g/mol. The van der Waals surface area contributed by atoms with E-state index in [0.717, 1.165) is 17.0 Å². The number of halogens is 3. The highest BCUT2D eigenvalue weighted by molar-refractivity contribution is 6.39. The van der Waals surface area contributed by atoms with Crippen molar-refractivity contribution in [2.24, 2.45) is 0 Å². The second-order valence-corrected chi connectivity index (χ2v) is 13.1. The number of phenolic OH excluding ortho intramolecular Hbond substituents is 1. The molecule has 4 aromatic rings. The molecule has 0 radical (unpaired) electrons. The lowest BCUT2D eigenvalue weighted by molar-refractivity contribution is -0.130. The minimum absolute atomic E-state index is 0.0130. The van der Waals surface area contributed by atoms with Crippen LogP contribution in [0.2, 0.25) is 5.02 Å². The highest BCUT2D eigenvalue weighted by Crippen LogP contribution is 2.50. The maximum Gasteiger partial charge on any atom is 0.354 e. The van der Waals surface area contributed by atoms with E-state index in [2.05, 4.69) is 21.5 Å². The number of aromatic hydroxyl groups is 1. The predicted molar refractivity (Wildman–Crippen MR) is 179 cm³/mol. The van der Waals surface area contributed by atoms with Crippen LogP contribution in [0.15, 0.2) is 42.0 Å². The number of benzene rings is 2. The number of carbonyl (C=O) groups excluding carboxylic acids is 2. The molecule has 48 heavy (non-hydrogen) atoms. The fourth-order valence-corrected chi connectivity index (χ4v) is 7.10. The molecule has 2 unspecified atom stereocenters. The Hall–Kier alpha value is -4.91. The third-order valence-corrected chi connectivity index (χ3v) is 9.39. The molecule has 0 saturated carbocycles. The van der Waals surface area contributed by atoms with Gasteiger partial charge in [0.05, 0.1) is 50.8 Å². The Morgan fingerprint density at radius 1 is 1.06 bits per heavy atom. The quantitative estimate of drug-likeness (QED) is 0.283. The summed E-state index contributed by atoms with van der Waals surface area (Å²) in [7, 11) is 1.35. The maximum absolute atomic E-state index is 17.2. The Balaban J connectivity index is 1.85. The van der Waals surface area contributed by atoms with Gasteiger partial charge in [-0.3, -0.25) is 14.2 Å². The first-order valence-electron chi connectivity index (χ1n) is 15.5. The van der Waals surface area contributed by atoms with E-state index in [-0.39, 0.29) is 53.0 Å². The molecule has 2 atom stereocenters. The van der Waals surface area contributed by atoms with Gasteiger partial charge in [0, 0.05) is 25.2 Å². The first kappa shape index (κ1) is 33.0. The van der Waals surface area contributed by atoms with E-state index in [9.17, 15) is 19.5 Å². The molecule has 250 valence electrons. The molecule has 2 aliphatic rings. The number of nitrogens with zero attached hydrogens (tertiary/aromatic N) is 7. The zero-order valence-corrected chi connectivity index (χ0v) is 28.0. The normalized spacial score (nSPS) is 17.7. The van der Waals surface area contributed by atoms with Crippen LogP contribution in [0.4, 0.5) is 20.3 Å². The molecule has 0 spiro atoms. The molecule has 1 fully saturated rings. The minimum Gasteiger partial charge on any atom is -0.507 e. The van der Waals surface area contributed by atoms with Crippen LogP contribution in [-0.2, 0) is 9.59 Å². The van der Waals surface area contributed by atoms with E-state index in [1.54, 1.807) is 11.8 Å². The summed E-state index contributed by atoms with van der Waals surface area (Å²) in [5.74, 6) is -4.18. The third-order valence-electron chi connectivity index (χ3n) is 9.03. The molecule has 0 bridgehead atoms. The summed E-state index contributed by atoms with van der Waals surface area (Å²) in [4.78, 5) is 59.1. The van der Waals surface area contributed by atoms with Crippen LogP contribution in [0.5, 0.6) is 5.75 Å². The van der Waals surface area contributed by atoms with Crippen LogP contribution in [0.1, 0.15) is 57.8 Å². The number of rotatable bonds is 5. The molecular weight excluding hydrogens is 644 g/mol. The maximum atomic E-state index is 17.2. The van der Waals surface area contributed by atoms with Gasteiger partial charge in [0.15, 0.2) is 5.82 Å². The number of carbonyl (C=O) groups is 2. The average molecular weight is 678 g/mol. The molecule has 2 aromatic carbocycles. The van der Waals surface area contributed by atoms with Gasteiger partial charge in [0.1, 0.15) is 29.8 Å². The predicted octanol–water partition coefficient (Wildman–Crippen LogP) is 5.29. The minimum atomic E-state index is -1.11. The van der Waals surface area contributed by atoms with E-state index < -0.39 is 63.1 Å². The lowest BCUT2D eigenvalue weighted by Crippen LogP contribution is -2.63. The number of amides is 2. The molecule has 4 heterocycles. The van der Waals surface area contributed by atoms with Crippen molar-refractivity contribution in [1.82, 2.24) is 24.4 Å². The Morgan fingerprint density at radius 2 is 1.71 bits per heavy atom. The SMILES string of the molecule is C=CC(=O)N1CC2C(=O)N(C)c3c(F)c(-c4c(O)cccc4F)c(Cl)c4c3c(nc(=O)n4-c3c(C(C)C)ncnc3C(C)C)N2CC1C. The highest BCUT2D eigenvalue weighted by atomic mass is 35.5. The van der Waals surface area contributed by atoms with Crippen molar-refractivity contribution in [2.75, 3.05) is 29.9 Å². The number of hydrogen-bond acceptors (Lipinski definition) is 8. The first-order valence-corrected chi connectivity index (χ1v) is 15.9. The van der Waals surface area contributed by atoms with Crippen LogP contribution in [-0.4, -0.2) is 73.6 Å². The van der Waals surface area contributed by atoms with Crippen LogP contribution in [0, 0.1) is 11.6 Å². The number of phenols is 1. The number of likely N-dealkylation sites (N-methyl/N-ethyl adjacent to an activating group) is 1. The Bertz CT molecular complexity index is 2050.